The maximum Gasteiger partial charge on any atom is 0.264 e. The second-order valence-corrected chi connectivity index (χ2v) is 12.0. The van der Waals surface area contributed by atoms with Crippen LogP contribution in [0.1, 0.15) is 26.3 Å². The zero-order chi connectivity index (χ0) is 28.0. The van der Waals surface area contributed by atoms with Crippen molar-refractivity contribution in [2.75, 3.05) is 10.8 Å². The van der Waals surface area contributed by atoms with Gasteiger partial charge in [0.2, 0.25) is 11.8 Å². The Balaban J connectivity index is 2.07. The maximum atomic E-state index is 13.9. The van der Waals surface area contributed by atoms with Crippen LogP contribution < -0.4 is 9.62 Å². The van der Waals surface area contributed by atoms with Crippen LogP contribution in [0.2, 0.25) is 15.1 Å². The summed E-state index contributed by atoms with van der Waals surface area (Å²) in [6.45, 7) is 4.60. The maximum absolute atomic E-state index is 13.9. The van der Waals surface area contributed by atoms with Crippen LogP contribution in [0.15, 0.2) is 77.7 Å². The lowest BCUT2D eigenvalue weighted by Crippen LogP contribution is -2.52. The molecule has 0 aliphatic heterocycles. The fourth-order valence-electron chi connectivity index (χ4n) is 3.74. The summed E-state index contributed by atoms with van der Waals surface area (Å²) in [6.07, 6.45) is 0. The van der Waals surface area contributed by atoms with Crippen molar-refractivity contribution in [3.8, 4) is 0 Å². The molecule has 1 atom stereocenters. The molecule has 2 amide bonds. The molecule has 0 aliphatic carbocycles. The Bertz CT molecular complexity index is 1400. The molecule has 0 heterocycles. The molecule has 0 saturated heterocycles. The van der Waals surface area contributed by atoms with Gasteiger partial charge < -0.3 is 10.2 Å². The summed E-state index contributed by atoms with van der Waals surface area (Å²) in [6, 6.07) is 18.0. The van der Waals surface area contributed by atoms with E-state index < -0.39 is 28.5 Å². The van der Waals surface area contributed by atoms with Crippen molar-refractivity contribution in [1.29, 1.82) is 0 Å². The highest BCUT2D eigenvalue weighted by Crippen LogP contribution is 2.35. The minimum absolute atomic E-state index is 0.0199. The number of hydrogen-bond acceptors (Lipinski definition) is 4. The van der Waals surface area contributed by atoms with E-state index in [0.717, 1.165) is 4.31 Å². The molecule has 0 unspecified atom stereocenters. The van der Waals surface area contributed by atoms with E-state index in [4.69, 9.17) is 34.8 Å². The lowest BCUT2D eigenvalue weighted by Gasteiger charge is -2.32. The molecule has 3 aromatic carbocycles. The lowest BCUT2D eigenvalue weighted by molar-refractivity contribution is -0.139. The quantitative estimate of drug-likeness (QED) is 0.321. The van der Waals surface area contributed by atoms with Gasteiger partial charge in [-0.05, 0) is 62.7 Å². The number of sulfonamides is 1. The largest absolute Gasteiger partial charge is 0.352 e. The highest BCUT2D eigenvalue weighted by molar-refractivity contribution is 7.92. The minimum Gasteiger partial charge on any atom is -0.352 e. The Labute approximate surface area is 238 Å². The van der Waals surface area contributed by atoms with E-state index in [9.17, 15) is 18.0 Å². The first-order chi connectivity index (χ1) is 17.9. The molecule has 0 aromatic heterocycles. The third kappa shape index (κ3) is 7.20. The first-order valence-electron chi connectivity index (χ1n) is 11.8. The van der Waals surface area contributed by atoms with E-state index >= 15 is 0 Å². The predicted molar refractivity (Wildman–Crippen MR) is 152 cm³/mol. The molecule has 3 aromatic rings. The van der Waals surface area contributed by atoms with Gasteiger partial charge in [-0.15, -0.1) is 0 Å². The fourth-order valence-corrected chi connectivity index (χ4v) is 5.85. The molecule has 202 valence electrons. The van der Waals surface area contributed by atoms with Gasteiger partial charge in [0.25, 0.3) is 10.0 Å². The Kier molecular flexibility index (Phi) is 10.1. The summed E-state index contributed by atoms with van der Waals surface area (Å²) in [5.41, 5.74) is 0.715. The van der Waals surface area contributed by atoms with Crippen LogP contribution in [0.5, 0.6) is 0 Å². The van der Waals surface area contributed by atoms with E-state index in [-0.39, 0.29) is 39.1 Å². The first kappa shape index (κ1) is 29.8. The molecule has 11 heteroatoms. The number of nitrogens with zero attached hydrogens (tertiary/aromatic N) is 2. The Morgan fingerprint density at radius 3 is 2.18 bits per heavy atom. The van der Waals surface area contributed by atoms with Gasteiger partial charge in [0.05, 0.1) is 20.6 Å². The van der Waals surface area contributed by atoms with Crippen LogP contribution in [0.25, 0.3) is 0 Å². The number of rotatable bonds is 10. The van der Waals surface area contributed by atoms with Crippen LogP contribution in [0, 0.1) is 0 Å². The highest BCUT2D eigenvalue weighted by atomic mass is 35.5. The van der Waals surface area contributed by atoms with Crippen molar-refractivity contribution >= 4 is 62.3 Å². The SMILES string of the molecule is CC(C)NC(=O)[C@@H](C)N(Cc1cccc(Cl)c1)C(=O)CN(c1cccc(Cl)c1Cl)S(=O)(=O)c1ccccc1. The second kappa shape index (κ2) is 12.8. The van der Waals surface area contributed by atoms with Crippen molar-refractivity contribution < 1.29 is 18.0 Å². The van der Waals surface area contributed by atoms with Crippen LogP contribution >= 0.6 is 34.8 Å². The predicted octanol–water partition coefficient (Wildman–Crippen LogP) is 5.78. The molecular formula is C27H28Cl3N3O4S. The second-order valence-electron chi connectivity index (χ2n) is 8.89. The molecule has 0 radical (unpaired) electrons. The monoisotopic (exact) mass is 595 g/mol. The molecule has 0 fully saturated rings. The van der Waals surface area contributed by atoms with Crippen LogP contribution in [-0.2, 0) is 26.2 Å². The number of carbonyl (C=O) groups is 2. The number of amides is 2. The van der Waals surface area contributed by atoms with Gasteiger partial charge in [-0.2, -0.15) is 0 Å². The number of nitrogens with one attached hydrogen (secondary N) is 1. The van der Waals surface area contributed by atoms with Crippen molar-refractivity contribution in [1.82, 2.24) is 10.2 Å². The standard InChI is InChI=1S/C27H28Cl3N3O4S/c1-18(2)31-27(35)19(3)32(16-20-9-7-10-21(28)15-20)25(34)17-33(24-14-8-13-23(29)26(24)30)38(36,37)22-11-5-4-6-12-22/h4-15,18-19H,16-17H2,1-3H3,(H,31,35)/t19-/m1/s1. The van der Waals surface area contributed by atoms with E-state index in [2.05, 4.69) is 5.32 Å². The van der Waals surface area contributed by atoms with Crippen molar-refractivity contribution in [2.24, 2.45) is 0 Å². The third-order valence-corrected chi connectivity index (χ3v) is 8.47. The molecule has 7 nitrogen and oxygen atoms in total. The number of benzene rings is 3. The van der Waals surface area contributed by atoms with E-state index in [1.165, 1.54) is 29.2 Å². The fraction of sp³-hybridized carbons (Fsp3) is 0.259. The number of hydrogen-bond donors (Lipinski definition) is 1. The third-order valence-electron chi connectivity index (χ3n) is 5.65. The Hall–Kier alpha value is -2.78. The molecule has 38 heavy (non-hydrogen) atoms. The Morgan fingerprint density at radius 2 is 1.55 bits per heavy atom. The van der Waals surface area contributed by atoms with Crippen LogP contribution in [0.4, 0.5) is 5.69 Å². The molecule has 0 saturated carbocycles. The van der Waals surface area contributed by atoms with Crippen LogP contribution in [-0.4, -0.2) is 43.8 Å². The molecular weight excluding hydrogens is 569 g/mol. The van der Waals surface area contributed by atoms with Gasteiger partial charge >= 0.3 is 0 Å². The van der Waals surface area contributed by atoms with Gasteiger partial charge in [0.15, 0.2) is 0 Å². The van der Waals surface area contributed by atoms with Crippen molar-refractivity contribution in [3.05, 3.63) is 93.4 Å². The molecule has 3 rings (SSSR count). The summed E-state index contributed by atoms with van der Waals surface area (Å²) in [5.74, 6) is -0.999. The topological polar surface area (TPSA) is 86.8 Å². The first-order valence-corrected chi connectivity index (χ1v) is 14.3. The minimum atomic E-state index is -4.25. The molecule has 0 spiro atoms. The highest BCUT2D eigenvalue weighted by Gasteiger charge is 2.33. The average molecular weight is 597 g/mol. The lowest BCUT2D eigenvalue weighted by atomic mass is 10.1. The van der Waals surface area contributed by atoms with Crippen molar-refractivity contribution in [2.45, 2.75) is 44.3 Å². The summed E-state index contributed by atoms with van der Waals surface area (Å²) in [4.78, 5) is 28.1. The zero-order valence-corrected chi connectivity index (χ0v) is 24.2. The summed E-state index contributed by atoms with van der Waals surface area (Å²) >= 11 is 18.8. The van der Waals surface area contributed by atoms with Gasteiger partial charge in [-0.25, -0.2) is 8.42 Å². The summed E-state index contributed by atoms with van der Waals surface area (Å²) in [5, 5.41) is 3.38. The van der Waals surface area contributed by atoms with Gasteiger partial charge in [-0.1, -0.05) is 71.2 Å². The van der Waals surface area contributed by atoms with E-state index in [0.29, 0.717) is 10.6 Å². The van der Waals surface area contributed by atoms with E-state index in [1.54, 1.807) is 55.5 Å². The number of halogens is 3. The molecule has 1 N–H and O–H groups in total. The average Bonchev–Trinajstić information content (AvgIpc) is 2.87. The summed E-state index contributed by atoms with van der Waals surface area (Å²) in [7, 11) is -4.25. The number of carbonyl (C=O) groups excluding carboxylic acids is 2. The zero-order valence-electron chi connectivity index (χ0n) is 21.1. The van der Waals surface area contributed by atoms with E-state index in [1.807, 2.05) is 13.8 Å². The normalized spacial score (nSPS) is 12.2. The Morgan fingerprint density at radius 1 is 0.895 bits per heavy atom. The number of anilines is 1. The van der Waals surface area contributed by atoms with Crippen molar-refractivity contribution in [3.63, 3.8) is 0 Å². The smallest absolute Gasteiger partial charge is 0.264 e. The van der Waals surface area contributed by atoms with Gasteiger partial charge in [0.1, 0.15) is 12.6 Å². The summed E-state index contributed by atoms with van der Waals surface area (Å²) < 4.78 is 28.4. The van der Waals surface area contributed by atoms with Gasteiger partial charge in [0, 0.05) is 17.6 Å². The molecule has 0 aliphatic rings. The van der Waals surface area contributed by atoms with Gasteiger partial charge in [-0.3, -0.25) is 13.9 Å². The van der Waals surface area contributed by atoms with Crippen LogP contribution in [0.3, 0.4) is 0 Å². The molecule has 0 bridgehead atoms.